The Labute approximate surface area is 161 Å². The van der Waals surface area contributed by atoms with Crippen LogP contribution in [0.25, 0.3) is 0 Å². The van der Waals surface area contributed by atoms with E-state index in [1.165, 1.54) is 10.4 Å². The molecule has 1 heterocycles. The molecule has 0 radical (unpaired) electrons. The molecule has 0 spiro atoms. The molecule has 1 aliphatic heterocycles. The van der Waals surface area contributed by atoms with Crippen LogP contribution in [0.1, 0.15) is 5.56 Å². The van der Waals surface area contributed by atoms with Crippen LogP contribution >= 0.6 is 23.2 Å². The predicted octanol–water partition coefficient (Wildman–Crippen LogP) is 3.47. The van der Waals surface area contributed by atoms with Crippen LogP contribution in [0.5, 0.6) is 5.75 Å². The van der Waals surface area contributed by atoms with Crippen molar-refractivity contribution < 1.29 is 17.9 Å². The fourth-order valence-corrected chi connectivity index (χ4v) is 3.86. The van der Waals surface area contributed by atoms with E-state index in [4.69, 9.17) is 27.9 Å². The molecule has 26 heavy (non-hydrogen) atoms. The molecule has 1 N–H and O–H groups in total. The van der Waals surface area contributed by atoms with Crippen LogP contribution in [0.3, 0.4) is 0 Å². The quantitative estimate of drug-likeness (QED) is 0.833. The van der Waals surface area contributed by atoms with Crippen LogP contribution < -0.4 is 14.4 Å². The average molecular weight is 415 g/mol. The first-order valence-corrected chi connectivity index (χ1v) is 10.3. The number of hydrogen-bond donors (Lipinski definition) is 1. The lowest BCUT2D eigenvalue weighted by atomic mass is 10.1. The van der Waals surface area contributed by atoms with Crippen LogP contribution in [0.15, 0.2) is 36.4 Å². The Balaban J connectivity index is 1.91. The average Bonchev–Trinajstić information content (AvgIpc) is 2.56. The number of aryl methyl sites for hydroxylation is 1. The van der Waals surface area contributed by atoms with Crippen LogP contribution in [-0.2, 0) is 14.8 Å². The number of carbonyl (C=O) groups is 1. The maximum Gasteiger partial charge on any atom is 0.267 e. The Morgan fingerprint density at radius 3 is 2.65 bits per heavy atom. The summed E-state index contributed by atoms with van der Waals surface area (Å²) in [6, 6.07) is 9.80. The van der Waals surface area contributed by atoms with Gasteiger partial charge in [-0.15, -0.1) is 0 Å². The van der Waals surface area contributed by atoms with Crippen molar-refractivity contribution in [2.45, 2.75) is 13.0 Å². The maximum atomic E-state index is 12.6. The van der Waals surface area contributed by atoms with Crippen molar-refractivity contribution in [3.05, 3.63) is 52.0 Å². The Morgan fingerprint density at radius 1 is 1.23 bits per heavy atom. The first kappa shape index (κ1) is 18.8. The van der Waals surface area contributed by atoms with E-state index < -0.39 is 22.0 Å². The molecule has 2 aromatic rings. The second-order valence-corrected chi connectivity index (χ2v) is 8.74. The van der Waals surface area contributed by atoms with Gasteiger partial charge < -0.3 is 10.1 Å². The number of carbonyl (C=O) groups excluding carboxylic acids is 1. The topological polar surface area (TPSA) is 75.7 Å². The van der Waals surface area contributed by atoms with Gasteiger partial charge in [-0.25, -0.2) is 8.42 Å². The van der Waals surface area contributed by atoms with E-state index in [2.05, 4.69) is 5.32 Å². The van der Waals surface area contributed by atoms with Gasteiger partial charge in [-0.3, -0.25) is 9.10 Å². The Morgan fingerprint density at radius 2 is 1.96 bits per heavy atom. The third kappa shape index (κ3) is 3.90. The summed E-state index contributed by atoms with van der Waals surface area (Å²) in [5.41, 5.74) is 1.63. The Bertz CT molecular complexity index is 979. The second-order valence-electron chi connectivity index (χ2n) is 5.99. The number of anilines is 2. The molecule has 0 saturated heterocycles. The minimum Gasteiger partial charge on any atom is -0.476 e. The van der Waals surface area contributed by atoms with Crippen molar-refractivity contribution in [2.75, 3.05) is 22.4 Å². The monoisotopic (exact) mass is 414 g/mol. The molecule has 1 atom stereocenters. The molecule has 1 aliphatic rings. The fraction of sp³-hybridized carbons (Fsp3) is 0.235. The van der Waals surface area contributed by atoms with E-state index in [9.17, 15) is 13.2 Å². The Kier molecular flexibility index (Phi) is 5.05. The molecular weight excluding hydrogens is 399 g/mol. The van der Waals surface area contributed by atoms with Crippen molar-refractivity contribution in [3.8, 4) is 5.75 Å². The second kappa shape index (κ2) is 6.98. The van der Waals surface area contributed by atoms with E-state index in [1.54, 1.807) is 30.3 Å². The summed E-state index contributed by atoms with van der Waals surface area (Å²) in [7, 11) is -3.58. The first-order chi connectivity index (χ1) is 12.1. The number of fused-ring (bicyclic) bond motifs is 1. The third-order valence-corrected chi connectivity index (χ3v) is 5.57. The molecule has 9 heteroatoms. The number of ether oxygens (including phenoxy) is 1. The summed E-state index contributed by atoms with van der Waals surface area (Å²) >= 11 is 12.0. The van der Waals surface area contributed by atoms with Gasteiger partial charge in [0.1, 0.15) is 5.75 Å². The van der Waals surface area contributed by atoms with Gasteiger partial charge in [0.2, 0.25) is 10.0 Å². The lowest BCUT2D eigenvalue weighted by Crippen LogP contribution is -2.48. The van der Waals surface area contributed by atoms with Gasteiger partial charge in [-0.05, 0) is 42.8 Å². The first-order valence-electron chi connectivity index (χ1n) is 7.66. The molecule has 0 bridgehead atoms. The number of rotatable bonds is 3. The van der Waals surface area contributed by atoms with Gasteiger partial charge in [-0.2, -0.15) is 0 Å². The molecule has 3 rings (SSSR count). The third-order valence-electron chi connectivity index (χ3n) is 3.86. The standard InChI is InChI=1S/C17H16Cl2N2O4S/c1-10-3-6-15-14(7-10)21(26(2,23)24)9-16(25-15)17(22)20-13-8-11(18)4-5-12(13)19/h3-8,16H,9H2,1-2H3,(H,20,22)/t16-/m1/s1. The SMILES string of the molecule is Cc1ccc2c(c1)N(S(C)(=O)=O)C[C@H](C(=O)Nc1cc(Cl)ccc1Cl)O2. The summed E-state index contributed by atoms with van der Waals surface area (Å²) in [5.74, 6) is -0.196. The van der Waals surface area contributed by atoms with Crippen LogP contribution in [0, 0.1) is 6.92 Å². The summed E-state index contributed by atoms with van der Waals surface area (Å²) in [6.45, 7) is 1.71. The summed E-state index contributed by atoms with van der Waals surface area (Å²) in [4.78, 5) is 12.6. The fourth-order valence-electron chi connectivity index (χ4n) is 2.62. The van der Waals surface area contributed by atoms with E-state index >= 15 is 0 Å². The molecule has 1 amide bonds. The van der Waals surface area contributed by atoms with Gasteiger partial charge in [-0.1, -0.05) is 29.3 Å². The highest BCUT2D eigenvalue weighted by atomic mass is 35.5. The van der Waals surface area contributed by atoms with Crippen molar-refractivity contribution in [1.82, 2.24) is 0 Å². The number of benzene rings is 2. The molecule has 0 fully saturated rings. The van der Waals surface area contributed by atoms with Crippen molar-refractivity contribution in [2.24, 2.45) is 0 Å². The number of amides is 1. The molecule has 0 unspecified atom stereocenters. The Hall–Kier alpha value is -1.96. The van der Waals surface area contributed by atoms with E-state index in [-0.39, 0.29) is 6.54 Å². The van der Waals surface area contributed by atoms with E-state index in [0.29, 0.717) is 27.2 Å². The van der Waals surface area contributed by atoms with Gasteiger partial charge >= 0.3 is 0 Å². The van der Waals surface area contributed by atoms with Crippen LogP contribution in [0.2, 0.25) is 10.0 Å². The molecule has 0 saturated carbocycles. The molecule has 6 nitrogen and oxygen atoms in total. The van der Waals surface area contributed by atoms with Crippen LogP contribution in [-0.4, -0.2) is 33.2 Å². The molecule has 138 valence electrons. The number of halogens is 2. The molecule has 0 aromatic heterocycles. The van der Waals surface area contributed by atoms with E-state index in [0.717, 1.165) is 11.8 Å². The molecular formula is C17H16Cl2N2O4S. The smallest absolute Gasteiger partial charge is 0.267 e. The summed E-state index contributed by atoms with van der Waals surface area (Å²) < 4.78 is 31.3. The van der Waals surface area contributed by atoms with Gasteiger partial charge in [0, 0.05) is 5.02 Å². The van der Waals surface area contributed by atoms with Gasteiger partial charge in [0.05, 0.1) is 29.2 Å². The zero-order valence-corrected chi connectivity index (χ0v) is 16.3. The lowest BCUT2D eigenvalue weighted by Gasteiger charge is -2.34. The normalized spacial score (nSPS) is 16.6. The van der Waals surface area contributed by atoms with E-state index in [1.807, 2.05) is 6.92 Å². The largest absolute Gasteiger partial charge is 0.476 e. The number of sulfonamides is 1. The zero-order valence-electron chi connectivity index (χ0n) is 14.0. The minimum absolute atomic E-state index is 0.140. The highest BCUT2D eigenvalue weighted by Crippen LogP contribution is 2.36. The highest BCUT2D eigenvalue weighted by molar-refractivity contribution is 7.92. The maximum absolute atomic E-state index is 12.6. The van der Waals surface area contributed by atoms with Gasteiger partial charge in [0.25, 0.3) is 5.91 Å². The van der Waals surface area contributed by atoms with Crippen molar-refractivity contribution >= 4 is 50.5 Å². The minimum atomic E-state index is -3.58. The lowest BCUT2D eigenvalue weighted by molar-refractivity contribution is -0.122. The number of nitrogens with one attached hydrogen (secondary N) is 1. The summed E-state index contributed by atoms with van der Waals surface area (Å²) in [5, 5.41) is 3.36. The number of nitrogens with zero attached hydrogens (tertiary/aromatic N) is 1. The summed E-state index contributed by atoms with van der Waals surface area (Å²) in [6.07, 6.45) is 0.0581. The van der Waals surface area contributed by atoms with Crippen molar-refractivity contribution in [1.29, 1.82) is 0 Å². The van der Waals surface area contributed by atoms with Crippen LogP contribution in [0.4, 0.5) is 11.4 Å². The molecule has 0 aliphatic carbocycles. The zero-order chi connectivity index (χ0) is 19.1. The van der Waals surface area contributed by atoms with Crippen molar-refractivity contribution in [3.63, 3.8) is 0 Å². The van der Waals surface area contributed by atoms with Gasteiger partial charge in [0.15, 0.2) is 6.10 Å². The predicted molar refractivity (Wildman–Crippen MR) is 103 cm³/mol. The molecule has 2 aromatic carbocycles. The highest BCUT2D eigenvalue weighted by Gasteiger charge is 2.35. The number of hydrogen-bond acceptors (Lipinski definition) is 4.